The number of hydrogen-bond acceptors (Lipinski definition) is 3. The van der Waals surface area contributed by atoms with E-state index in [9.17, 15) is 13.2 Å². The van der Waals surface area contributed by atoms with Crippen molar-refractivity contribution < 1.29 is 17.9 Å². The van der Waals surface area contributed by atoms with Gasteiger partial charge in [0.2, 0.25) is 5.88 Å². The fraction of sp³-hybridized carbons (Fsp3) is 0.421. The van der Waals surface area contributed by atoms with Crippen molar-refractivity contribution in [2.45, 2.75) is 26.1 Å². The van der Waals surface area contributed by atoms with E-state index in [0.29, 0.717) is 13.0 Å². The summed E-state index contributed by atoms with van der Waals surface area (Å²) in [5.74, 6) is 0.0779. The zero-order chi connectivity index (χ0) is 18.4. The maximum absolute atomic E-state index is 13.4. The molecule has 0 saturated heterocycles. The second-order valence-electron chi connectivity index (χ2n) is 6.52. The molecule has 25 heavy (non-hydrogen) atoms. The first-order valence-corrected chi connectivity index (χ1v) is 8.13. The van der Waals surface area contributed by atoms with E-state index in [1.165, 1.54) is 6.20 Å². The summed E-state index contributed by atoms with van der Waals surface area (Å²) in [6, 6.07) is 10.3. The van der Waals surface area contributed by atoms with Crippen LogP contribution in [0.1, 0.15) is 23.6 Å². The maximum atomic E-state index is 13.4. The molecule has 0 fully saturated rings. The van der Waals surface area contributed by atoms with Crippen LogP contribution in [0.2, 0.25) is 0 Å². The lowest BCUT2D eigenvalue weighted by Crippen LogP contribution is -2.22. The van der Waals surface area contributed by atoms with Crippen LogP contribution >= 0.6 is 0 Å². The molecule has 0 amide bonds. The topological polar surface area (TPSA) is 25.4 Å². The van der Waals surface area contributed by atoms with Gasteiger partial charge in [0.15, 0.2) is 0 Å². The van der Waals surface area contributed by atoms with Crippen molar-refractivity contribution >= 4 is 0 Å². The molecule has 3 nitrogen and oxygen atoms in total. The predicted octanol–water partition coefficient (Wildman–Crippen LogP) is 4.42. The molecule has 0 aliphatic carbocycles. The standard InChI is InChI=1S/C19H23F3N2O/c1-14(12-24(2)3)9-16-11-23-18(10-17(16)19(20,21)22)25-13-15-7-5-4-6-8-15/h4-8,10-11,14H,9,12-13H2,1-3H3. The van der Waals surface area contributed by atoms with Gasteiger partial charge in [-0.1, -0.05) is 37.3 Å². The Morgan fingerprint density at radius 1 is 1.16 bits per heavy atom. The van der Waals surface area contributed by atoms with Crippen LogP contribution in [0, 0.1) is 5.92 Å². The molecular formula is C19H23F3N2O. The third-order valence-electron chi connectivity index (χ3n) is 3.74. The Balaban J connectivity index is 2.16. The SMILES string of the molecule is CC(Cc1cnc(OCc2ccccc2)cc1C(F)(F)F)CN(C)C. The average Bonchev–Trinajstić information content (AvgIpc) is 2.53. The average molecular weight is 352 g/mol. The van der Waals surface area contributed by atoms with Crippen LogP contribution in [0.15, 0.2) is 42.6 Å². The molecule has 0 aliphatic rings. The van der Waals surface area contributed by atoms with E-state index in [0.717, 1.165) is 11.6 Å². The van der Waals surface area contributed by atoms with Crippen LogP contribution in [0.3, 0.4) is 0 Å². The number of pyridine rings is 1. The molecule has 0 spiro atoms. The molecule has 0 aliphatic heterocycles. The second-order valence-corrected chi connectivity index (χ2v) is 6.52. The van der Waals surface area contributed by atoms with Crippen molar-refractivity contribution in [2.24, 2.45) is 5.92 Å². The smallest absolute Gasteiger partial charge is 0.416 e. The molecule has 1 unspecified atom stereocenters. The van der Waals surface area contributed by atoms with Crippen molar-refractivity contribution in [1.82, 2.24) is 9.88 Å². The summed E-state index contributed by atoms with van der Waals surface area (Å²) >= 11 is 0. The van der Waals surface area contributed by atoms with Gasteiger partial charge < -0.3 is 9.64 Å². The molecule has 1 heterocycles. The molecule has 2 rings (SSSR count). The number of ether oxygens (including phenoxy) is 1. The molecule has 0 N–H and O–H groups in total. The number of benzene rings is 1. The molecule has 0 radical (unpaired) electrons. The van der Waals surface area contributed by atoms with Crippen LogP contribution in [-0.2, 0) is 19.2 Å². The lowest BCUT2D eigenvalue weighted by molar-refractivity contribution is -0.138. The number of hydrogen-bond donors (Lipinski definition) is 0. The Bertz CT molecular complexity index is 672. The van der Waals surface area contributed by atoms with E-state index in [1.54, 1.807) is 0 Å². The summed E-state index contributed by atoms with van der Waals surface area (Å²) < 4.78 is 45.7. The quantitative estimate of drug-likeness (QED) is 0.738. The van der Waals surface area contributed by atoms with E-state index in [-0.39, 0.29) is 24.0 Å². The maximum Gasteiger partial charge on any atom is 0.416 e. The second kappa shape index (κ2) is 8.34. The normalized spacial score (nSPS) is 13.1. The minimum Gasteiger partial charge on any atom is -0.473 e. The Morgan fingerprint density at radius 2 is 1.84 bits per heavy atom. The van der Waals surface area contributed by atoms with Gasteiger partial charge in [0.05, 0.1) is 5.56 Å². The van der Waals surface area contributed by atoms with Gasteiger partial charge in [-0.2, -0.15) is 13.2 Å². The summed E-state index contributed by atoms with van der Waals surface area (Å²) in [6.07, 6.45) is -2.82. The Morgan fingerprint density at radius 3 is 2.44 bits per heavy atom. The van der Waals surface area contributed by atoms with Crippen molar-refractivity contribution in [2.75, 3.05) is 20.6 Å². The summed E-state index contributed by atoms with van der Waals surface area (Å²) in [4.78, 5) is 6.03. The number of halogens is 3. The minimum atomic E-state index is -4.43. The zero-order valence-corrected chi connectivity index (χ0v) is 14.7. The first-order chi connectivity index (χ1) is 11.8. The van der Waals surface area contributed by atoms with E-state index in [2.05, 4.69) is 4.98 Å². The molecule has 2 aromatic rings. The molecule has 0 bridgehead atoms. The summed E-state index contributed by atoms with van der Waals surface area (Å²) in [6.45, 7) is 2.82. The van der Waals surface area contributed by atoms with Gasteiger partial charge in [-0.15, -0.1) is 0 Å². The highest BCUT2D eigenvalue weighted by Gasteiger charge is 2.34. The monoisotopic (exact) mass is 352 g/mol. The van der Waals surface area contributed by atoms with Crippen LogP contribution in [0.4, 0.5) is 13.2 Å². The summed E-state index contributed by atoms with van der Waals surface area (Å²) in [7, 11) is 3.81. The molecule has 136 valence electrons. The highest BCUT2D eigenvalue weighted by atomic mass is 19.4. The molecule has 0 saturated carbocycles. The van der Waals surface area contributed by atoms with Crippen molar-refractivity contribution in [3.8, 4) is 5.88 Å². The first-order valence-electron chi connectivity index (χ1n) is 8.13. The minimum absolute atomic E-state index is 0.0137. The van der Waals surface area contributed by atoms with Crippen LogP contribution in [-0.4, -0.2) is 30.5 Å². The molecule has 1 atom stereocenters. The van der Waals surface area contributed by atoms with Crippen molar-refractivity contribution in [3.63, 3.8) is 0 Å². The fourth-order valence-electron chi connectivity index (χ4n) is 2.76. The van der Waals surface area contributed by atoms with E-state index >= 15 is 0 Å². The lowest BCUT2D eigenvalue weighted by Gasteiger charge is -2.19. The Labute approximate surface area is 146 Å². The third-order valence-corrected chi connectivity index (χ3v) is 3.74. The predicted molar refractivity (Wildman–Crippen MR) is 91.4 cm³/mol. The van der Waals surface area contributed by atoms with Crippen LogP contribution < -0.4 is 4.74 Å². The molecule has 1 aromatic heterocycles. The fourth-order valence-corrected chi connectivity index (χ4v) is 2.76. The van der Waals surface area contributed by atoms with Gasteiger partial charge in [-0.3, -0.25) is 0 Å². The van der Waals surface area contributed by atoms with Gasteiger partial charge in [-0.25, -0.2) is 4.98 Å². The highest BCUT2D eigenvalue weighted by Crippen LogP contribution is 2.34. The zero-order valence-electron chi connectivity index (χ0n) is 14.7. The molecule has 6 heteroatoms. The number of aromatic nitrogens is 1. The first kappa shape index (κ1) is 19.2. The van der Waals surface area contributed by atoms with Gasteiger partial charge in [0, 0.05) is 18.8 Å². The van der Waals surface area contributed by atoms with Crippen molar-refractivity contribution in [3.05, 3.63) is 59.3 Å². The Hall–Kier alpha value is -2.08. The number of alkyl halides is 3. The van der Waals surface area contributed by atoms with Gasteiger partial charge in [-0.05, 0) is 37.6 Å². The summed E-state index contributed by atoms with van der Waals surface area (Å²) in [5.41, 5.74) is 0.409. The van der Waals surface area contributed by atoms with Gasteiger partial charge in [0.25, 0.3) is 0 Å². The van der Waals surface area contributed by atoms with E-state index < -0.39 is 11.7 Å². The molecular weight excluding hydrogens is 329 g/mol. The summed E-state index contributed by atoms with van der Waals surface area (Å²) in [5, 5.41) is 0. The van der Waals surface area contributed by atoms with Gasteiger partial charge >= 0.3 is 6.18 Å². The van der Waals surface area contributed by atoms with Crippen LogP contribution in [0.5, 0.6) is 5.88 Å². The van der Waals surface area contributed by atoms with E-state index in [4.69, 9.17) is 4.74 Å². The van der Waals surface area contributed by atoms with Crippen molar-refractivity contribution in [1.29, 1.82) is 0 Å². The lowest BCUT2D eigenvalue weighted by atomic mass is 9.98. The molecule has 1 aromatic carbocycles. The number of nitrogens with zero attached hydrogens (tertiary/aromatic N) is 2. The number of rotatable bonds is 7. The van der Waals surface area contributed by atoms with Gasteiger partial charge in [0.1, 0.15) is 6.61 Å². The third kappa shape index (κ3) is 6.05. The largest absolute Gasteiger partial charge is 0.473 e. The Kier molecular flexibility index (Phi) is 6.42. The van der Waals surface area contributed by atoms with Crippen LogP contribution in [0.25, 0.3) is 0 Å². The highest BCUT2D eigenvalue weighted by molar-refractivity contribution is 5.32. The van der Waals surface area contributed by atoms with E-state index in [1.807, 2.05) is 56.3 Å².